The number of nitrogens with two attached hydrogens (primary N) is 1. The van der Waals surface area contributed by atoms with Crippen LogP contribution in [0.1, 0.15) is 31.9 Å². The van der Waals surface area contributed by atoms with Gasteiger partial charge < -0.3 is 15.6 Å². The van der Waals surface area contributed by atoms with Gasteiger partial charge in [-0.15, -0.1) is 11.3 Å². The molecule has 0 saturated heterocycles. The SMILES string of the molecule is COc1cccc(C=Nc2sc(Cc3ccccc3)c(C)c2C(N)=O)c1O. The van der Waals surface area contributed by atoms with Crippen LogP contribution in [-0.4, -0.2) is 24.3 Å². The summed E-state index contributed by atoms with van der Waals surface area (Å²) in [6, 6.07) is 15.2. The van der Waals surface area contributed by atoms with Crippen molar-refractivity contribution in [1.29, 1.82) is 0 Å². The summed E-state index contributed by atoms with van der Waals surface area (Å²) in [5.74, 6) is -0.145. The highest BCUT2D eigenvalue weighted by molar-refractivity contribution is 7.16. The van der Waals surface area contributed by atoms with E-state index in [-0.39, 0.29) is 5.75 Å². The Morgan fingerprint density at radius 3 is 2.63 bits per heavy atom. The average molecular weight is 380 g/mol. The molecule has 2 aromatic carbocycles. The number of carbonyl (C=O) groups is 1. The van der Waals surface area contributed by atoms with Crippen molar-refractivity contribution in [2.75, 3.05) is 7.11 Å². The quantitative estimate of drug-likeness (QED) is 0.628. The van der Waals surface area contributed by atoms with Gasteiger partial charge in [0.15, 0.2) is 11.5 Å². The number of thiophene rings is 1. The maximum absolute atomic E-state index is 12.0. The Morgan fingerprint density at radius 2 is 1.96 bits per heavy atom. The number of aliphatic imine (C=N–C) groups is 1. The molecule has 0 fully saturated rings. The Kier molecular flexibility index (Phi) is 5.57. The second-order valence-electron chi connectivity index (χ2n) is 6.01. The molecule has 5 nitrogen and oxygen atoms in total. The molecule has 3 N–H and O–H groups in total. The maximum Gasteiger partial charge on any atom is 0.252 e. The second-order valence-corrected chi connectivity index (χ2v) is 7.10. The Morgan fingerprint density at radius 1 is 1.22 bits per heavy atom. The average Bonchev–Trinajstić information content (AvgIpc) is 2.97. The van der Waals surface area contributed by atoms with E-state index in [0.717, 1.165) is 16.0 Å². The molecule has 0 aliphatic heterocycles. The van der Waals surface area contributed by atoms with Crippen LogP contribution in [0.2, 0.25) is 0 Å². The number of rotatable bonds is 6. The number of benzene rings is 2. The number of ether oxygens (including phenoxy) is 1. The molecule has 0 bridgehead atoms. The third-order valence-corrected chi connectivity index (χ3v) is 5.45. The lowest BCUT2D eigenvalue weighted by Crippen LogP contribution is -2.11. The number of aromatic hydroxyl groups is 1. The summed E-state index contributed by atoms with van der Waals surface area (Å²) >= 11 is 1.43. The van der Waals surface area contributed by atoms with E-state index < -0.39 is 5.91 Å². The van der Waals surface area contributed by atoms with Gasteiger partial charge in [0.05, 0.1) is 12.7 Å². The van der Waals surface area contributed by atoms with Crippen LogP contribution in [-0.2, 0) is 6.42 Å². The summed E-state index contributed by atoms with van der Waals surface area (Å²) in [6.07, 6.45) is 2.22. The van der Waals surface area contributed by atoms with Crippen molar-refractivity contribution in [3.63, 3.8) is 0 Å². The van der Waals surface area contributed by atoms with E-state index in [1.807, 2.05) is 37.3 Å². The van der Waals surface area contributed by atoms with E-state index in [9.17, 15) is 9.90 Å². The fraction of sp³-hybridized carbons (Fsp3) is 0.143. The van der Waals surface area contributed by atoms with Crippen molar-refractivity contribution in [1.82, 2.24) is 0 Å². The number of phenolic OH excluding ortho intramolecular Hbond substituents is 1. The zero-order valence-corrected chi connectivity index (χ0v) is 15.9. The molecular weight excluding hydrogens is 360 g/mol. The van der Waals surface area contributed by atoms with E-state index in [4.69, 9.17) is 10.5 Å². The number of hydrogen-bond acceptors (Lipinski definition) is 5. The standard InChI is InChI=1S/C21H20N2O3S/c1-13-17(11-14-7-4-3-5-8-14)27-21(18(13)20(22)25)23-12-15-9-6-10-16(26-2)19(15)24/h3-10,12,24H,11H2,1-2H3,(H2,22,25). The first-order valence-corrected chi connectivity index (χ1v) is 9.19. The Labute approximate surface area is 161 Å². The highest BCUT2D eigenvalue weighted by Crippen LogP contribution is 2.37. The van der Waals surface area contributed by atoms with Crippen molar-refractivity contribution >= 4 is 28.5 Å². The molecule has 0 atom stereocenters. The molecule has 0 saturated carbocycles. The monoisotopic (exact) mass is 380 g/mol. The molecule has 0 unspecified atom stereocenters. The fourth-order valence-corrected chi connectivity index (χ4v) is 4.00. The number of amides is 1. The van der Waals surface area contributed by atoms with E-state index in [1.54, 1.807) is 18.2 Å². The van der Waals surface area contributed by atoms with Gasteiger partial charge in [-0.2, -0.15) is 0 Å². The third kappa shape index (κ3) is 4.01. The van der Waals surface area contributed by atoms with Crippen molar-refractivity contribution in [2.45, 2.75) is 13.3 Å². The van der Waals surface area contributed by atoms with Crippen molar-refractivity contribution in [3.8, 4) is 11.5 Å². The largest absolute Gasteiger partial charge is 0.504 e. The normalized spacial score (nSPS) is 11.0. The molecule has 6 heteroatoms. The predicted octanol–water partition coefficient (Wildman–Crippen LogP) is 4.21. The molecule has 138 valence electrons. The lowest BCUT2D eigenvalue weighted by atomic mass is 10.1. The maximum atomic E-state index is 12.0. The number of hydrogen-bond donors (Lipinski definition) is 2. The smallest absolute Gasteiger partial charge is 0.252 e. The van der Waals surface area contributed by atoms with E-state index in [1.165, 1.54) is 24.7 Å². The van der Waals surface area contributed by atoms with Crippen LogP contribution in [0.25, 0.3) is 0 Å². The first-order valence-electron chi connectivity index (χ1n) is 8.37. The van der Waals surface area contributed by atoms with Crippen LogP contribution in [0, 0.1) is 6.92 Å². The first kappa shape index (κ1) is 18.7. The van der Waals surface area contributed by atoms with Gasteiger partial charge >= 0.3 is 0 Å². The molecule has 0 aliphatic carbocycles. The number of primary amides is 1. The van der Waals surface area contributed by atoms with Crippen molar-refractivity contribution < 1.29 is 14.6 Å². The Hall–Kier alpha value is -3.12. The highest BCUT2D eigenvalue weighted by atomic mass is 32.1. The molecular formula is C21H20N2O3S. The topological polar surface area (TPSA) is 84.9 Å². The van der Waals surface area contributed by atoms with Crippen LogP contribution < -0.4 is 10.5 Å². The molecule has 27 heavy (non-hydrogen) atoms. The molecule has 1 amide bonds. The van der Waals surface area contributed by atoms with Crippen LogP contribution in [0.3, 0.4) is 0 Å². The van der Waals surface area contributed by atoms with E-state index in [2.05, 4.69) is 4.99 Å². The number of nitrogens with zero attached hydrogens (tertiary/aromatic N) is 1. The molecule has 1 aromatic heterocycles. The van der Waals surface area contributed by atoms with Gasteiger partial charge in [-0.05, 0) is 30.2 Å². The van der Waals surface area contributed by atoms with E-state index >= 15 is 0 Å². The molecule has 3 rings (SSSR count). The molecule has 1 heterocycles. The second kappa shape index (κ2) is 8.05. The fourth-order valence-electron chi connectivity index (χ4n) is 2.81. The number of phenols is 1. The van der Waals surface area contributed by atoms with Crippen LogP contribution in [0.4, 0.5) is 5.00 Å². The van der Waals surface area contributed by atoms with Crippen molar-refractivity contribution in [3.05, 3.63) is 75.7 Å². The van der Waals surface area contributed by atoms with E-state index in [0.29, 0.717) is 28.3 Å². The lowest BCUT2D eigenvalue weighted by Gasteiger charge is -2.04. The molecule has 0 spiro atoms. The zero-order valence-electron chi connectivity index (χ0n) is 15.1. The van der Waals surface area contributed by atoms with Gasteiger partial charge in [-0.25, -0.2) is 4.99 Å². The van der Waals surface area contributed by atoms with Gasteiger partial charge in [0, 0.05) is 23.1 Å². The minimum absolute atomic E-state index is 0.00200. The van der Waals surface area contributed by atoms with Crippen molar-refractivity contribution in [2.24, 2.45) is 10.7 Å². The molecule has 3 aromatic rings. The number of methoxy groups -OCH3 is 1. The van der Waals surface area contributed by atoms with Crippen LogP contribution in [0.15, 0.2) is 53.5 Å². The Bertz CT molecular complexity index is 994. The van der Waals surface area contributed by atoms with Gasteiger partial charge in [-0.3, -0.25) is 4.79 Å². The minimum atomic E-state index is -0.509. The van der Waals surface area contributed by atoms with Gasteiger partial charge in [0.25, 0.3) is 5.91 Å². The number of carbonyl (C=O) groups excluding carboxylic acids is 1. The number of para-hydroxylation sites is 1. The summed E-state index contributed by atoms with van der Waals surface area (Å²) in [6.45, 7) is 1.89. The van der Waals surface area contributed by atoms with Gasteiger partial charge in [0.2, 0.25) is 0 Å². The molecule has 0 aliphatic rings. The zero-order chi connectivity index (χ0) is 19.4. The first-order chi connectivity index (χ1) is 13.0. The highest BCUT2D eigenvalue weighted by Gasteiger charge is 2.19. The van der Waals surface area contributed by atoms with Crippen LogP contribution in [0.5, 0.6) is 11.5 Å². The van der Waals surface area contributed by atoms with Gasteiger partial charge in [0.1, 0.15) is 5.00 Å². The summed E-state index contributed by atoms with van der Waals surface area (Å²) in [4.78, 5) is 17.4. The lowest BCUT2D eigenvalue weighted by molar-refractivity contribution is 0.100. The summed E-state index contributed by atoms with van der Waals surface area (Å²) in [5, 5.41) is 10.7. The minimum Gasteiger partial charge on any atom is -0.504 e. The predicted molar refractivity (Wildman–Crippen MR) is 109 cm³/mol. The summed E-state index contributed by atoms with van der Waals surface area (Å²) in [7, 11) is 1.49. The Balaban J connectivity index is 1.98. The summed E-state index contributed by atoms with van der Waals surface area (Å²) < 4.78 is 5.11. The molecule has 0 radical (unpaired) electrons. The van der Waals surface area contributed by atoms with Gasteiger partial charge in [-0.1, -0.05) is 36.4 Å². The van der Waals surface area contributed by atoms with Crippen LogP contribution >= 0.6 is 11.3 Å². The summed E-state index contributed by atoms with van der Waals surface area (Å²) in [5.41, 5.74) is 8.51. The third-order valence-electron chi connectivity index (χ3n) is 4.25.